The smallest absolute Gasteiger partial charge is 0.313 e. The van der Waals surface area contributed by atoms with Crippen LogP contribution in [0, 0.1) is 5.92 Å². The molecule has 0 aliphatic heterocycles. The monoisotopic (exact) mass is 154 g/mol. The highest BCUT2D eigenvalue weighted by Crippen LogP contribution is 1.97. The Morgan fingerprint density at radius 2 is 2.09 bits per heavy atom. The highest BCUT2D eigenvalue weighted by molar-refractivity contribution is 5.72. The summed E-state index contributed by atoms with van der Waals surface area (Å²) in [5, 5.41) is 0. The SMILES string of the molecule is C=C(C)C=COC(=O)C(C)C. The number of hydrogen-bond donors (Lipinski definition) is 0. The average molecular weight is 154 g/mol. The van der Waals surface area contributed by atoms with Crippen LogP contribution in [0.1, 0.15) is 20.8 Å². The highest BCUT2D eigenvalue weighted by atomic mass is 16.5. The van der Waals surface area contributed by atoms with Gasteiger partial charge in [-0.1, -0.05) is 26.0 Å². The Morgan fingerprint density at radius 3 is 2.45 bits per heavy atom. The zero-order valence-corrected chi connectivity index (χ0v) is 7.26. The van der Waals surface area contributed by atoms with Crippen molar-refractivity contribution < 1.29 is 9.53 Å². The van der Waals surface area contributed by atoms with Gasteiger partial charge < -0.3 is 4.74 Å². The molecule has 0 atom stereocenters. The lowest BCUT2D eigenvalue weighted by atomic mass is 10.2. The Balaban J connectivity index is 3.71. The van der Waals surface area contributed by atoms with Gasteiger partial charge in [0.1, 0.15) is 0 Å². The van der Waals surface area contributed by atoms with Gasteiger partial charge in [-0.15, -0.1) is 0 Å². The number of ether oxygens (including phenoxy) is 1. The lowest BCUT2D eigenvalue weighted by Gasteiger charge is -2.00. The van der Waals surface area contributed by atoms with Crippen molar-refractivity contribution in [2.24, 2.45) is 5.92 Å². The topological polar surface area (TPSA) is 26.3 Å². The van der Waals surface area contributed by atoms with Crippen LogP contribution in [-0.2, 0) is 9.53 Å². The van der Waals surface area contributed by atoms with Gasteiger partial charge in [-0.05, 0) is 13.0 Å². The summed E-state index contributed by atoms with van der Waals surface area (Å²) < 4.78 is 4.73. The molecule has 0 spiro atoms. The first kappa shape index (κ1) is 9.95. The molecule has 0 saturated heterocycles. The lowest BCUT2D eigenvalue weighted by molar-refractivity contribution is -0.141. The number of carbonyl (C=O) groups excluding carboxylic acids is 1. The van der Waals surface area contributed by atoms with E-state index in [9.17, 15) is 4.79 Å². The van der Waals surface area contributed by atoms with Gasteiger partial charge in [0.15, 0.2) is 0 Å². The van der Waals surface area contributed by atoms with Crippen molar-refractivity contribution in [3.63, 3.8) is 0 Å². The molecule has 0 aliphatic rings. The van der Waals surface area contributed by atoms with E-state index in [0.29, 0.717) is 0 Å². The predicted molar refractivity (Wildman–Crippen MR) is 44.9 cm³/mol. The van der Waals surface area contributed by atoms with E-state index < -0.39 is 0 Å². The minimum Gasteiger partial charge on any atom is -0.434 e. The third-order valence-corrected chi connectivity index (χ3v) is 1.01. The van der Waals surface area contributed by atoms with Gasteiger partial charge in [-0.3, -0.25) is 4.79 Å². The first-order valence-corrected chi connectivity index (χ1v) is 3.56. The molecular formula is C9H14O2. The number of esters is 1. The van der Waals surface area contributed by atoms with Crippen LogP contribution in [-0.4, -0.2) is 5.97 Å². The van der Waals surface area contributed by atoms with Gasteiger partial charge in [-0.2, -0.15) is 0 Å². The number of hydrogen-bond acceptors (Lipinski definition) is 2. The second-order valence-electron chi connectivity index (χ2n) is 2.74. The zero-order chi connectivity index (χ0) is 8.85. The summed E-state index contributed by atoms with van der Waals surface area (Å²) in [6.07, 6.45) is 3.02. The fourth-order valence-electron chi connectivity index (χ4n) is 0.353. The minimum atomic E-state index is -0.220. The van der Waals surface area contributed by atoms with Crippen molar-refractivity contribution in [2.75, 3.05) is 0 Å². The summed E-state index contributed by atoms with van der Waals surface area (Å²) in [6.45, 7) is 9.03. The van der Waals surface area contributed by atoms with E-state index in [1.165, 1.54) is 6.26 Å². The lowest BCUT2D eigenvalue weighted by Crippen LogP contribution is -2.07. The van der Waals surface area contributed by atoms with Crippen molar-refractivity contribution in [2.45, 2.75) is 20.8 Å². The Labute approximate surface area is 67.6 Å². The Morgan fingerprint density at radius 1 is 1.55 bits per heavy atom. The van der Waals surface area contributed by atoms with E-state index in [1.54, 1.807) is 19.9 Å². The number of rotatable bonds is 3. The van der Waals surface area contributed by atoms with Gasteiger partial charge >= 0.3 is 5.97 Å². The van der Waals surface area contributed by atoms with E-state index in [0.717, 1.165) is 5.57 Å². The Hall–Kier alpha value is -1.05. The molecule has 0 aromatic carbocycles. The van der Waals surface area contributed by atoms with Crippen LogP contribution in [0.15, 0.2) is 24.5 Å². The molecule has 0 N–H and O–H groups in total. The van der Waals surface area contributed by atoms with Gasteiger partial charge in [0.2, 0.25) is 0 Å². The molecule has 0 aromatic heterocycles. The first-order chi connectivity index (χ1) is 5.04. The second kappa shape index (κ2) is 4.72. The van der Waals surface area contributed by atoms with Crippen molar-refractivity contribution >= 4 is 5.97 Å². The average Bonchev–Trinajstić information content (AvgIpc) is 1.86. The van der Waals surface area contributed by atoms with Gasteiger partial charge in [0.05, 0.1) is 12.2 Å². The number of carbonyl (C=O) groups is 1. The quantitative estimate of drug-likeness (QED) is 0.354. The maximum Gasteiger partial charge on any atom is 0.313 e. The molecule has 0 fully saturated rings. The fraction of sp³-hybridized carbons (Fsp3) is 0.444. The van der Waals surface area contributed by atoms with Crippen LogP contribution >= 0.6 is 0 Å². The molecule has 0 unspecified atom stereocenters. The normalized spacial score (nSPS) is 10.5. The maximum atomic E-state index is 10.8. The molecule has 2 nitrogen and oxygen atoms in total. The summed E-state index contributed by atoms with van der Waals surface area (Å²) in [6, 6.07) is 0. The number of allylic oxidation sites excluding steroid dienone is 2. The van der Waals surface area contributed by atoms with Gasteiger partial charge in [-0.25, -0.2) is 0 Å². The molecule has 0 heterocycles. The van der Waals surface area contributed by atoms with Crippen LogP contribution in [0.4, 0.5) is 0 Å². The Bertz CT molecular complexity index is 178. The molecule has 62 valence electrons. The molecule has 0 bridgehead atoms. The summed E-state index contributed by atoms with van der Waals surface area (Å²) in [7, 11) is 0. The molecular weight excluding hydrogens is 140 g/mol. The molecule has 0 aliphatic carbocycles. The van der Waals surface area contributed by atoms with E-state index in [1.807, 2.05) is 6.92 Å². The van der Waals surface area contributed by atoms with E-state index in [4.69, 9.17) is 4.74 Å². The van der Waals surface area contributed by atoms with Crippen LogP contribution in [0.3, 0.4) is 0 Å². The molecule has 0 aromatic rings. The third-order valence-electron chi connectivity index (χ3n) is 1.01. The van der Waals surface area contributed by atoms with Crippen LogP contribution in [0.25, 0.3) is 0 Å². The Kier molecular flexibility index (Phi) is 4.27. The van der Waals surface area contributed by atoms with E-state index >= 15 is 0 Å². The van der Waals surface area contributed by atoms with Gasteiger partial charge in [0.25, 0.3) is 0 Å². The second-order valence-corrected chi connectivity index (χ2v) is 2.74. The van der Waals surface area contributed by atoms with Gasteiger partial charge in [0, 0.05) is 0 Å². The third kappa shape index (κ3) is 5.40. The van der Waals surface area contributed by atoms with E-state index in [2.05, 4.69) is 6.58 Å². The molecule has 0 radical (unpaired) electrons. The maximum absolute atomic E-state index is 10.8. The predicted octanol–water partition coefficient (Wildman–Crippen LogP) is 2.28. The standard InChI is InChI=1S/C9H14O2/c1-7(2)5-6-11-9(10)8(3)4/h5-6,8H,1H2,2-4H3. The molecule has 0 rings (SSSR count). The molecule has 11 heavy (non-hydrogen) atoms. The van der Waals surface area contributed by atoms with Crippen LogP contribution in [0.5, 0.6) is 0 Å². The fourth-order valence-corrected chi connectivity index (χ4v) is 0.353. The van der Waals surface area contributed by atoms with Crippen molar-refractivity contribution in [1.82, 2.24) is 0 Å². The van der Waals surface area contributed by atoms with Crippen molar-refractivity contribution in [1.29, 1.82) is 0 Å². The largest absolute Gasteiger partial charge is 0.434 e. The van der Waals surface area contributed by atoms with Crippen molar-refractivity contribution in [3.8, 4) is 0 Å². The van der Waals surface area contributed by atoms with Crippen LogP contribution in [0.2, 0.25) is 0 Å². The molecule has 0 amide bonds. The summed E-state index contributed by atoms with van der Waals surface area (Å²) in [4.78, 5) is 10.8. The van der Waals surface area contributed by atoms with Crippen LogP contribution < -0.4 is 0 Å². The first-order valence-electron chi connectivity index (χ1n) is 3.56. The van der Waals surface area contributed by atoms with Crippen molar-refractivity contribution in [3.05, 3.63) is 24.5 Å². The van der Waals surface area contributed by atoms with E-state index in [-0.39, 0.29) is 11.9 Å². The zero-order valence-electron chi connectivity index (χ0n) is 7.26. The minimum absolute atomic E-state index is 0.0789. The summed E-state index contributed by atoms with van der Waals surface area (Å²) in [5.41, 5.74) is 0.863. The molecule has 0 saturated carbocycles. The summed E-state index contributed by atoms with van der Waals surface area (Å²) in [5.74, 6) is -0.299. The summed E-state index contributed by atoms with van der Waals surface area (Å²) >= 11 is 0. The molecule has 2 heteroatoms. The highest BCUT2D eigenvalue weighted by Gasteiger charge is 2.05.